The molecule has 1 atom stereocenters. The molecule has 2 heterocycles. The van der Waals surface area contributed by atoms with Crippen molar-refractivity contribution in [2.24, 2.45) is 0 Å². The number of rotatable bonds is 7. The van der Waals surface area contributed by atoms with Crippen molar-refractivity contribution in [3.8, 4) is 0 Å². The van der Waals surface area contributed by atoms with Gasteiger partial charge in [-0.15, -0.1) is 0 Å². The molecule has 0 spiro atoms. The summed E-state index contributed by atoms with van der Waals surface area (Å²) in [7, 11) is 3.78. The molecule has 2 rings (SSSR count). The van der Waals surface area contributed by atoms with E-state index in [-0.39, 0.29) is 0 Å². The average molecular weight is 280 g/mol. The normalized spacial score (nSPS) is 19.6. The van der Waals surface area contributed by atoms with Crippen molar-refractivity contribution in [1.82, 2.24) is 14.9 Å². The number of imidazole rings is 1. The van der Waals surface area contributed by atoms with Crippen LogP contribution in [-0.2, 0) is 17.7 Å². The van der Waals surface area contributed by atoms with Crippen LogP contribution >= 0.6 is 0 Å². The first kappa shape index (κ1) is 15.3. The third-order valence-corrected chi connectivity index (χ3v) is 4.03. The molecule has 114 valence electrons. The molecule has 5 nitrogen and oxygen atoms in total. The zero-order valence-corrected chi connectivity index (χ0v) is 13.1. The topological polar surface area (TPSA) is 42.3 Å². The van der Waals surface area contributed by atoms with Crippen LogP contribution in [-0.4, -0.2) is 49.4 Å². The third kappa shape index (κ3) is 3.52. The van der Waals surface area contributed by atoms with Crippen LogP contribution in [0.4, 0.5) is 5.95 Å². The minimum absolute atomic E-state index is 0.558. The lowest BCUT2D eigenvalue weighted by Crippen LogP contribution is -2.46. The molecule has 1 aromatic heterocycles. The molecule has 0 saturated carbocycles. The number of ether oxygens (including phenoxy) is 1. The van der Waals surface area contributed by atoms with Crippen LogP contribution in [0.25, 0.3) is 0 Å². The number of aryl methyl sites for hydroxylation is 1. The zero-order chi connectivity index (χ0) is 14.4. The molecule has 0 bridgehead atoms. The molecule has 0 radical (unpaired) electrons. The first-order chi connectivity index (χ1) is 9.80. The molecule has 1 aliphatic heterocycles. The molecule has 1 aromatic rings. The number of hydrogen-bond donors (Lipinski definition) is 1. The molecule has 0 amide bonds. The first-order valence-electron chi connectivity index (χ1n) is 7.76. The number of hydrogen-bond acceptors (Lipinski definition) is 4. The maximum atomic E-state index is 5.23. The summed E-state index contributed by atoms with van der Waals surface area (Å²) in [6.07, 6.45) is 7.00. The van der Waals surface area contributed by atoms with Crippen LogP contribution < -0.4 is 10.2 Å². The summed E-state index contributed by atoms with van der Waals surface area (Å²) in [6, 6.07) is 0.558. The Bertz CT molecular complexity index is 403. The second kappa shape index (κ2) is 7.64. The highest BCUT2D eigenvalue weighted by Crippen LogP contribution is 2.24. The third-order valence-electron chi connectivity index (χ3n) is 4.03. The van der Waals surface area contributed by atoms with Gasteiger partial charge in [0.05, 0.1) is 12.3 Å². The van der Waals surface area contributed by atoms with Gasteiger partial charge >= 0.3 is 0 Å². The van der Waals surface area contributed by atoms with E-state index in [0.29, 0.717) is 6.04 Å². The fourth-order valence-electron chi connectivity index (χ4n) is 2.92. The molecule has 20 heavy (non-hydrogen) atoms. The van der Waals surface area contributed by atoms with E-state index in [2.05, 4.69) is 27.9 Å². The Labute approximate surface area is 122 Å². The maximum Gasteiger partial charge on any atom is 0.206 e. The van der Waals surface area contributed by atoms with Gasteiger partial charge in [-0.05, 0) is 32.7 Å². The monoisotopic (exact) mass is 280 g/mol. The number of nitrogens with one attached hydrogen (secondary N) is 1. The van der Waals surface area contributed by atoms with E-state index >= 15 is 0 Å². The van der Waals surface area contributed by atoms with E-state index in [1.54, 1.807) is 7.11 Å². The lowest BCUT2D eigenvalue weighted by Gasteiger charge is -2.36. The number of nitrogens with zero attached hydrogens (tertiary/aromatic N) is 3. The van der Waals surface area contributed by atoms with Crippen molar-refractivity contribution < 1.29 is 4.74 Å². The summed E-state index contributed by atoms with van der Waals surface area (Å²) in [5, 5.41) is 3.32. The fourth-order valence-corrected chi connectivity index (χ4v) is 2.92. The lowest BCUT2D eigenvalue weighted by atomic mass is 10.0. The van der Waals surface area contributed by atoms with Gasteiger partial charge in [0.1, 0.15) is 0 Å². The van der Waals surface area contributed by atoms with Crippen molar-refractivity contribution >= 4 is 5.95 Å². The summed E-state index contributed by atoms with van der Waals surface area (Å²) in [5.74, 6) is 1.12. The average Bonchev–Trinajstić information content (AvgIpc) is 2.89. The Hall–Kier alpha value is -1.07. The van der Waals surface area contributed by atoms with Crippen LogP contribution in [0.3, 0.4) is 0 Å². The highest BCUT2D eigenvalue weighted by atomic mass is 16.5. The molecule has 0 aliphatic carbocycles. The highest BCUT2D eigenvalue weighted by molar-refractivity contribution is 5.36. The number of likely N-dealkylation sites (N-methyl/N-ethyl adjacent to an activating group) is 1. The molecular formula is C15H28N4O. The van der Waals surface area contributed by atoms with E-state index in [9.17, 15) is 0 Å². The minimum Gasteiger partial charge on any atom is -0.383 e. The number of methoxy groups -OCH3 is 1. The zero-order valence-electron chi connectivity index (χ0n) is 13.1. The van der Waals surface area contributed by atoms with Crippen molar-refractivity contribution in [2.45, 2.75) is 45.2 Å². The van der Waals surface area contributed by atoms with Gasteiger partial charge in [0.2, 0.25) is 5.95 Å². The SMILES string of the molecule is CCc1cn(CCOC)c(N2CCCCC2CNC)n1. The van der Waals surface area contributed by atoms with Crippen LogP contribution in [0.2, 0.25) is 0 Å². The standard InChI is InChI=1S/C15H28N4O/c1-4-13-12-18(9-10-20-3)15(17-13)19-8-6-5-7-14(19)11-16-2/h12,14,16H,4-11H2,1-3H3. The maximum absolute atomic E-state index is 5.23. The highest BCUT2D eigenvalue weighted by Gasteiger charge is 2.25. The predicted octanol–water partition coefficient (Wildman–Crippen LogP) is 1.67. The first-order valence-corrected chi connectivity index (χ1v) is 7.76. The van der Waals surface area contributed by atoms with Crippen molar-refractivity contribution in [1.29, 1.82) is 0 Å². The van der Waals surface area contributed by atoms with Gasteiger partial charge in [0.15, 0.2) is 0 Å². The van der Waals surface area contributed by atoms with Gasteiger partial charge < -0.3 is 19.5 Å². The molecule has 1 unspecified atom stereocenters. The van der Waals surface area contributed by atoms with Crippen LogP contribution in [0.5, 0.6) is 0 Å². The van der Waals surface area contributed by atoms with Gasteiger partial charge in [0.25, 0.3) is 0 Å². The Morgan fingerprint density at radius 1 is 1.45 bits per heavy atom. The molecule has 5 heteroatoms. The Morgan fingerprint density at radius 3 is 3.00 bits per heavy atom. The Balaban J connectivity index is 2.20. The summed E-state index contributed by atoms with van der Waals surface area (Å²) < 4.78 is 7.49. The Morgan fingerprint density at radius 2 is 2.30 bits per heavy atom. The molecular weight excluding hydrogens is 252 g/mol. The van der Waals surface area contributed by atoms with E-state index in [4.69, 9.17) is 9.72 Å². The quantitative estimate of drug-likeness (QED) is 0.825. The number of anilines is 1. The molecule has 1 aliphatic rings. The van der Waals surface area contributed by atoms with Gasteiger partial charge in [-0.3, -0.25) is 0 Å². The lowest BCUT2D eigenvalue weighted by molar-refractivity contribution is 0.187. The fraction of sp³-hybridized carbons (Fsp3) is 0.800. The number of piperidine rings is 1. The summed E-state index contributed by atoms with van der Waals surface area (Å²) in [6.45, 7) is 5.91. The smallest absolute Gasteiger partial charge is 0.206 e. The second-order valence-corrected chi connectivity index (χ2v) is 5.47. The van der Waals surface area contributed by atoms with Crippen LogP contribution in [0.15, 0.2) is 6.20 Å². The van der Waals surface area contributed by atoms with Crippen molar-refractivity contribution in [3.63, 3.8) is 0 Å². The van der Waals surface area contributed by atoms with Gasteiger partial charge in [-0.25, -0.2) is 4.98 Å². The van der Waals surface area contributed by atoms with Crippen molar-refractivity contribution in [2.75, 3.05) is 38.8 Å². The van der Waals surface area contributed by atoms with Gasteiger partial charge in [-0.2, -0.15) is 0 Å². The number of aromatic nitrogens is 2. The summed E-state index contributed by atoms with van der Waals surface area (Å²) in [5.41, 5.74) is 1.17. The minimum atomic E-state index is 0.558. The van der Waals surface area contributed by atoms with E-state index in [1.807, 2.05) is 7.05 Å². The Kier molecular flexibility index (Phi) is 5.86. The predicted molar refractivity (Wildman–Crippen MR) is 82.4 cm³/mol. The van der Waals surface area contributed by atoms with E-state index < -0.39 is 0 Å². The van der Waals surface area contributed by atoms with Crippen molar-refractivity contribution in [3.05, 3.63) is 11.9 Å². The van der Waals surface area contributed by atoms with Gasteiger partial charge in [0, 0.05) is 39.0 Å². The molecule has 1 N–H and O–H groups in total. The molecule has 1 saturated heterocycles. The van der Waals surface area contributed by atoms with E-state index in [0.717, 1.165) is 38.6 Å². The van der Waals surface area contributed by atoms with Crippen LogP contribution in [0.1, 0.15) is 31.9 Å². The summed E-state index contributed by atoms with van der Waals surface area (Å²) >= 11 is 0. The molecule has 1 fully saturated rings. The molecule has 0 aromatic carbocycles. The second-order valence-electron chi connectivity index (χ2n) is 5.47. The largest absolute Gasteiger partial charge is 0.383 e. The van der Waals surface area contributed by atoms with E-state index in [1.165, 1.54) is 25.0 Å². The summed E-state index contributed by atoms with van der Waals surface area (Å²) in [4.78, 5) is 7.32. The van der Waals surface area contributed by atoms with Gasteiger partial charge in [-0.1, -0.05) is 6.92 Å². The van der Waals surface area contributed by atoms with Crippen LogP contribution in [0, 0.1) is 0 Å².